The molecule has 3 aromatic heterocycles. The maximum absolute atomic E-state index is 5.41. The van der Waals surface area contributed by atoms with Crippen molar-refractivity contribution in [2.45, 2.75) is 19.3 Å². The third-order valence-electron chi connectivity index (χ3n) is 11.3. The highest BCUT2D eigenvalue weighted by atomic mass is 15.0. The molecule has 10 aromatic rings. The molecule has 1 aliphatic rings. The van der Waals surface area contributed by atoms with Gasteiger partial charge in [-0.15, -0.1) is 0 Å². The number of nitrogens with zero attached hydrogens (tertiary/aromatic N) is 4. The molecule has 0 saturated carbocycles. The van der Waals surface area contributed by atoms with Crippen molar-refractivity contribution >= 4 is 43.6 Å². The van der Waals surface area contributed by atoms with Crippen LogP contribution < -0.4 is 0 Å². The molecule has 0 unspecified atom stereocenters. The minimum absolute atomic E-state index is 0.262. The molecule has 0 spiro atoms. The fourth-order valence-corrected chi connectivity index (χ4v) is 8.91. The Morgan fingerprint density at radius 2 is 1.00 bits per heavy atom. The lowest BCUT2D eigenvalue weighted by Gasteiger charge is -2.21. The number of fused-ring (bicyclic) bond motifs is 10. The van der Waals surface area contributed by atoms with Crippen LogP contribution in [-0.2, 0) is 5.41 Å². The lowest BCUT2D eigenvalue weighted by molar-refractivity contribution is 0.636. The second-order valence-corrected chi connectivity index (χ2v) is 14.6. The van der Waals surface area contributed by atoms with Crippen LogP contribution in [0.3, 0.4) is 0 Å². The molecule has 11 rings (SSSR count). The topological polar surface area (TPSA) is 35.6 Å². The predicted molar refractivity (Wildman–Crippen MR) is 219 cm³/mol. The van der Waals surface area contributed by atoms with Gasteiger partial charge in [-0.25, -0.2) is 9.97 Å². The Balaban J connectivity index is 1.16. The van der Waals surface area contributed by atoms with Gasteiger partial charge in [0.15, 0.2) is 5.82 Å². The first-order valence-electron chi connectivity index (χ1n) is 18.3. The largest absolute Gasteiger partial charge is 0.309 e. The summed E-state index contributed by atoms with van der Waals surface area (Å²) in [5.74, 6) is 0.736. The zero-order chi connectivity index (χ0) is 35.3. The van der Waals surface area contributed by atoms with Crippen LogP contribution in [0.4, 0.5) is 0 Å². The minimum Gasteiger partial charge on any atom is -0.309 e. The van der Waals surface area contributed by atoms with Crippen molar-refractivity contribution in [3.8, 4) is 45.1 Å². The number of para-hydroxylation sites is 3. The highest BCUT2D eigenvalue weighted by Crippen LogP contribution is 2.51. The molecule has 53 heavy (non-hydrogen) atoms. The Kier molecular flexibility index (Phi) is 6.27. The summed E-state index contributed by atoms with van der Waals surface area (Å²) in [6.07, 6.45) is 0. The van der Waals surface area contributed by atoms with Gasteiger partial charge in [0.25, 0.3) is 0 Å². The van der Waals surface area contributed by atoms with E-state index in [1.165, 1.54) is 54.7 Å². The van der Waals surface area contributed by atoms with E-state index in [0.29, 0.717) is 0 Å². The molecule has 1 aliphatic carbocycles. The number of rotatable bonds is 4. The lowest BCUT2D eigenvalue weighted by Crippen LogP contribution is -2.17. The molecular weight excluding hydrogens is 645 g/mol. The van der Waals surface area contributed by atoms with Crippen LogP contribution in [0, 0.1) is 0 Å². The zero-order valence-electron chi connectivity index (χ0n) is 29.5. The maximum Gasteiger partial charge on any atom is 0.160 e. The molecule has 0 fully saturated rings. The molecule has 0 saturated heterocycles. The van der Waals surface area contributed by atoms with Gasteiger partial charge >= 0.3 is 0 Å². The Hall–Kier alpha value is -6.78. The average Bonchev–Trinajstić information content (AvgIpc) is 3.81. The van der Waals surface area contributed by atoms with Crippen LogP contribution in [0.15, 0.2) is 170 Å². The second-order valence-electron chi connectivity index (χ2n) is 14.6. The second kappa shape index (κ2) is 11.1. The summed E-state index contributed by atoms with van der Waals surface area (Å²) < 4.78 is 4.81. The first kappa shape index (κ1) is 29.9. The van der Waals surface area contributed by atoms with Crippen molar-refractivity contribution in [2.24, 2.45) is 0 Å². The van der Waals surface area contributed by atoms with Gasteiger partial charge in [0.1, 0.15) is 0 Å². The van der Waals surface area contributed by atoms with Gasteiger partial charge in [-0.3, -0.25) is 0 Å². The van der Waals surface area contributed by atoms with E-state index in [2.05, 4.69) is 193 Å². The molecule has 0 N–H and O–H groups in total. The molecule has 4 heteroatoms. The number of hydrogen-bond donors (Lipinski definition) is 0. The fraction of sp³-hybridized carbons (Fsp3) is 0.0612. The van der Waals surface area contributed by atoms with E-state index in [-0.39, 0.29) is 5.41 Å². The van der Waals surface area contributed by atoms with E-state index < -0.39 is 0 Å². The Labute approximate surface area is 307 Å². The van der Waals surface area contributed by atoms with Crippen LogP contribution in [0.25, 0.3) is 88.8 Å². The minimum atomic E-state index is -0.262. The molecule has 0 aliphatic heterocycles. The van der Waals surface area contributed by atoms with E-state index in [4.69, 9.17) is 9.97 Å². The molecule has 250 valence electrons. The molecule has 3 heterocycles. The van der Waals surface area contributed by atoms with Gasteiger partial charge in [0.05, 0.1) is 33.5 Å². The monoisotopic (exact) mass is 678 g/mol. The summed E-state index contributed by atoms with van der Waals surface area (Å²) in [7, 11) is 0. The average molecular weight is 679 g/mol. The van der Waals surface area contributed by atoms with Gasteiger partial charge < -0.3 is 9.13 Å². The highest BCUT2D eigenvalue weighted by Gasteiger charge is 2.39. The van der Waals surface area contributed by atoms with Crippen molar-refractivity contribution < 1.29 is 0 Å². The molecule has 7 aromatic carbocycles. The van der Waals surface area contributed by atoms with Gasteiger partial charge in [0.2, 0.25) is 0 Å². The summed E-state index contributed by atoms with van der Waals surface area (Å²) in [5, 5.41) is 5.00. The van der Waals surface area contributed by atoms with Gasteiger partial charge in [-0.05, 0) is 59.7 Å². The van der Waals surface area contributed by atoms with Crippen LogP contribution >= 0.6 is 0 Å². The van der Waals surface area contributed by atoms with E-state index in [1.54, 1.807) is 0 Å². The molecule has 4 nitrogen and oxygen atoms in total. The van der Waals surface area contributed by atoms with Crippen molar-refractivity contribution in [3.63, 3.8) is 0 Å². The van der Waals surface area contributed by atoms with Crippen molar-refractivity contribution in [1.29, 1.82) is 0 Å². The Morgan fingerprint density at radius 1 is 0.453 bits per heavy atom. The standard InChI is InChI=1S/C49H34N4/c1-49(2)38-25-12-9-22-35(38)45-46(31-16-5-3-6-17-31)50-48(51-47(45)49)32-18-15-21-34(30-32)53-40-27-14-11-24-37(40)44-42(53)29-28-41-43(44)36-23-10-13-26-39(36)52(41)33-19-7-4-8-20-33/h3-30H,1-2H3. The zero-order valence-corrected chi connectivity index (χ0v) is 29.5. The quantitative estimate of drug-likeness (QED) is 0.186. The van der Waals surface area contributed by atoms with Crippen LogP contribution in [0.1, 0.15) is 25.1 Å². The van der Waals surface area contributed by atoms with Gasteiger partial charge in [-0.2, -0.15) is 0 Å². The summed E-state index contributed by atoms with van der Waals surface area (Å²) in [5.41, 5.74) is 14.5. The van der Waals surface area contributed by atoms with Crippen molar-refractivity contribution in [2.75, 3.05) is 0 Å². The number of benzene rings is 7. The SMILES string of the molecule is CC1(C)c2ccccc2-c2c(-c3ccccc3)nc(-c3cccc(-n4c5ccccc5c5c6c7ccccc7n(-c7ccccc7)c6ccc54)c3)nc21. The predicted octanol–water partition coefficient (Wildman–Crippen LogP) is 12.3. The first-order valence-corrected chi connectivity index (χ1v) is 18.3. The van der Waals surface area contributed by atoms with Crippen molar-refractivity contribution in [1.82, 2.24) is 19.1 Å². The van der Waals surface area contributed by atoms with Gasteiger partial charge in [0, 0.05) is 55.0 Å². The Bertz CT molecular complexity index is 3080. The van der Waals surface area contributed by atoms with Crippen LogP contribution in [-0.4, -0.2) is 19.1 Å². The smallest absolute Gasteiger partial charge is 0.160 e. The van der Waals surface area contributed by atoms with Gasteiger partial charge in [-0.1, -0.05) is 135 Å². The third kappa shape index (κ3) is 4.24. The summed E-state index contributed by atoms with van der Waals surface area (Å²) in [6.45, 7) is 4.57. The molecule has 0 atom stereocenters. The first-order chi connectivity index (χ1) is 26.1. The molecule has 0 bridgehead atoms. The summed E-state index contributed by atoms with van der Waals surface area (Å²) in [6, 6.07) is 60.9. The third-order valence-corrected chi connectivity index (χ3v) is 11.3. The normalized spacial score (nSPS) is 13.2. The maximum atomic E-state index is 5.41. The fourth-order valence-electron chi connectivity index (χ4n) is 8.91. The molecular formula is C49H34N4. The van der Waals surface area contributed by atoms with E-state index >= 15 is 0 Å². The highest BCUT2D eigenvalue weighted by molar-refractivity contribution is 6.28. The van der Waals surface area contributed by atoms with E-state index in [0.717, 1.165) is 45.3 Å². The van der Waals surface area contributed by atoms with Crippen molar-refractivity contribution in [3.05, 3.63) is 181 Å². The van der Waals surface area contributed by atoms with Crippen LogP contribution in [0.2, 0.25) is 0 Å². The number of hydrogen-bond acceptors (Lipinski definition) is 2. The molecule has 0 radical (unpaired) electrons. The Morgan fingerprint density at radius 3 is 1.70 bits per heavy atom. The summed E-state index contributed by atoms with van der Waals surface area (Å²) in [4.78, 5) is 10.8. The van der Waals surface area contributed by atoms with Crippen LogP contribution in [0.5, 0.6) is 0 Å². The molecule has 0 amide bonds. The van der Waals surface area contributed by atoms with E-state index in [1.807, 2.05) is 0 Å². The summed E-state index contributed by atoms with van der Waals surface area (Å²) >= 11 is 0. The van der Waals surface area contributed by atoms with E-state index in [9.17, 15) is 0 Å². The number of aromatic nitrogens is 4. The lowest BCUT2D eigenvalue weighted by atomic mass is 9.85.